The summed E-state index contributed by atoms with van der Waals surface area (Å²) in [5.74, 6) is 0.777. The monoisotopic (exact) mass is 435 g/mol. The highest BCUT2D eigenvalue weighted by molar-refractivity contribution is 5.94. The van der Waals surface area contributed by atoms with Crippen molar-refractivity contribution in [2.45, 2.75) is 39.7 Å². The number of amides is 3. The summed E-state index contributed by atoms with van der Waals surface area (Å²) in [5.41, 5.74) is 3.09. The summed E-state index contributed by atoms with van der Waals surface area (Å²) < 4.78 is 5.36. The highest BCUT2D eigenvalue weighted by Crippen LogP contribution is 2.18. The number of rotatable bonds is 8. The first-order chi connectivity index (χ1) is 15.4. The molecule has 1 aromatic heterocycles. The maximum Gasteiger partial charge on any atom is 0.321 e. The summed E-state index contributed by atoms with van der Waals surface area (Å²) in [6.07, 6.45) is 1.33. The number of carbonyl (C=O) groups is 2. The molecule has 0 aliphatic rings. The van der Waals surface area contributed by atoms with Crippen LogP contribution in [0, 0.1) is 6.92 Å². The third-order valence-corrected chi connectivity index (χ3v) is 5.26. The SMILES string of the molecule is CCC(C)NC(=O)c1ccc(-c2nc(CCN(C)C(=O)Nc3ccccc3C)no2)cc1. The average molecular weight is 436 g/mol. The van der Waals surface area contributed by atoms with Gasteiger partial charge < -0.3 is 20.1 Å². The molecule has 0 saturated heterocycles. The van der Waals surface area contributed by atoms with E-state index in [4.69, 9.17) is 4.52 Å². The number of nitrogens with zero attached hydrogens (tertiary/aromatic N) is 3. The van der Waals surface area contributed by atoms with E-state index < -0.39 is 0 Å². The van der Waals surface area contributed by atoms with E-state index in [9.17, 15) is 9.59 Å². The first-order valence-corrected chi connectivity index (χ1v) is 10.7. The van der Waals surface area contributed by atoms with Crippen molar-refractivity contribution in [1.82, 2.24) is 20.4 Å². The van der Waals surface area contributed by atoms with Gasteiger partial charge in [0.05, 0.1) is 0 Å². The van der Waals surface area contributed by atoms with E-state index in [0.717, 1.165) is 23.2 Å². The quantitative estimate of drug-likeness (QED) is 0.550. The highest BCUT2D eigenvalue weighted by atomic mass is 16.5. The predicted octanol–water partition coefficient (Wildman–Crippen LogP) is 4.28. The van der Waals surface area contributed by atoms with Gasteiger partial charge in [0.2, 0.25) is 0 Å². The second-order valence-corrected chi connectivity index (χ2v) is 7.79. The zero-order chi connectivity index (χ0) is 23.1. The van der Waals surface area contributed by atoms with Gasteiger partial charge in [-0.1, -0.05) is 30.3 Å². The van der Waals surface area contributed by atoms with Crippen molar-refractivity contribution < 1.29 is 14.1 Å². The van der Waals surface area contributed by atoms with Gasteiger partial charge in [0, 0.05) is 42.9 Å². The standard InChI is InChI=1S/C24H29N5O3/c1-5-17(3)25-22(30)18-10-12-19(13-11-18)23-27-21(28-32-23)14-15-29(4)24(31)26-20-9-7-6-8-16(20)2/h6-13,17H,5,14-15H2,1-4H3,(H,25,30)(H,26,31). The molecule has 1 heterocycles. The number of likely N-dealkylation sites (N-methyl/N-ethyl adjacent to an activating group) is 1. The summed E-state index contributed by atoms with van der Waals surface area (Å²) in [5, 5.41) is 9.84. The molecule has 0 radical (unpaired) electrons. The van der Waals surface area contributed by atoms with Crippen molar-refractivity contribution in [3.8, 4) is 11.5 Å². The van der Waals surface area contributed by atoms with Gasteiger partial charge in [0.25, 0.3) is 11.8 Å². The third-order valence-electron chi connectivity index (χ3n) is 5.26. The molecule has 0 spiro atoms. The van der Waals surface area contributed by atoms with Crippen molar-refractivity contribution >= 4 is 17.6 Å². The van der Waals surface area contributed by atoms with Gasteiger partial charge in [-0.2, -0.15) is 4.98 Å². The molecular formula is C24H29N5O3. The van der Waals surface area contributed by atoms with Crippen LogP contribution in [0.15, 0.2) is 53.1 Å². The van der Waals surface area contributed by atoms with Gasteiger partial charge in [-0.15, -0.1) is 0 Å². The summed E-state index contributed by atoms with van der Waals surface area (Å²) in [6.45, 7) is 6.37. The molecule has 0 fully saturated rings. The molecule has 1 unspecified atom stereocenters. The van der Waals surface area contributed by atoms with Crippen molar-refractivity contribution in [3.05, 3.63) is 65.5 Å². The smallest absolute Gasteiger partial charge is 0.321 e. The number of aryl methyl sites for hydroxylation is 1. The number of aromatic nitrogens is 2. The fraction of sp³-hybridized carbons (Fsp3) is 0.333. The Balaban J connectivity index is 1.55. The van der Waals surface area contributed by atoms with E-state index in [2.05, 4.69) is 20.8 Å². The molecule has 168 valence electrons. The van der Waals surface area contributed by atoms with E-state index in [-0.39, 0.29) is 18.0 Å². The number of hydrogen-bond acceptors (Lipinski definition) is 5. The lowest BCUT2D eigenvalue weighted by Crippen LogP contribution is -2.33. The maximum atomic E-state index is 12.4. The van der Waals surface area contributed by atoms with Crippen LogP contribution in [-0.2, 0) is 6.42 Å². The number of nitrogens with one attached hydrogen (secondary N) is 2. The fourth-order valence-electron chi connectivity index (χ4n) is 2.94. The van der Waals surface area contributed by atoms with Crippen LogP contribution in [0.1, 0.15) is 42.0 Å². The van der Waals surface area contributed by atoms with Crippen LogP contribution in [0.4, 0.5) is 10.5 Å². The van der Waals surface area contributed by atoms with Gasteiger partial charge in [0.15, 0.2) is 5.82 Å². The molecule has 0 aliphatic carbocycles. The van der Waals surface area contributed by atoms with E-state index in [1.54, 1.807) is 36.2 Å². The Morgan fingerprint density at radius 1 is 1.12 bits per heavy atom. The van der Waals surface area contributed by atoms with Crippen LogP contribution in [0.25, 0.3) is 11.5 Å². The molecule has 2 aromatic carbocycles. The Bertz CT molecular complexity index is 1060. The fourth-order valence-corrected chi connectivity index (χ4v) is 2.94. The summed E-state index contributed by atoms with van der Waals surface area (Å²) >= 11 is 0. The zero-order valence-electron chi connectivity index (χ0n) is 18.9. The van der Waals surface area contributed by atoms with Crippen LogP contribution in [0.2, 0.25) is 0 Å². The van der Waals surface area contributed by atoms with Crippen LogP contribution < -0.4 is 10.6 Å². The predicted molar refractivity (Wildman–Crippen MR) is 123 cm³/mol. The largest absolute Gasteiger partial charge is 0.350 e. The van der Waals surface area contributed by atoms with E-state index in [1.165, 1.54) is 0 Å². The minimum atomic E-state index is -0.200. The third kappa shape index (κ3) is 5.94. The molecule has 3 rings (SSSR count). The molecular weight excluding hydrogens is 406 g/mol. The molecule has 32 heavy (non-hydrogen) atoms. The van der Waals surface area contributed by atoms with Gasteiger partial charge in [-0.3, -0.25) is 4.79 Å². The van der Waals surface area contributed by atoms with E-state index >= 15 is 0 Å². The first-order valence-electron chi connectivity index (χ1n) is 10.7. The molecule has 0 bridgehead atoms. The first kappa shape index (κ1) is 23.0. The molecule has 8 nitrogen and oxygen atoms in total. The minimum absolute atomic E-state index is 0.107. The Kier molecular flexibility index (Phi) is 7.59. The van der Waals surface area contributed by atoms with Crippen molar-refractivity contribution in [2.75, 3.05) is 18.9 Å². The number of urea groups is 1. The van der Waals surface area contributed by atoms with E-state index in [1.807, 2.05) is 45.0 Å². The number of hydrogen-bond donors (Lipinski definition) is 2. The number of benzene rings is 2. The molecule has 2 N–H and O–H groups in total. The summed E-state index contributed by atoms with van der Waals surface area (Å²) in [6, 6.07) is 14.6. The normalized spacial score (nSPS) is 11.6. The molecule has 0 saturated carbocycles. The van der Waals surface area contributed by atoms with E-state index in [0.29, 0.717) is 30.2 Å². The van der Waals surface area contributed by atoms with Crippen LogP contribution >= 0.6 is 0 Å². The Labute approximate surface area is 188 Å². The van der Waals surface area contributed by atoms with Gasteiger partial charge in [-0.05, 0) is 56.2 Å². The van der Waals surface area contributed by atoms with Crippen molar-refractivity contribution in [1.29, 1.82) is 0 Å². The topological polar surface area (TPSA) is 100 Å². The lowest BCUT2D eigenvalue weighted by Gasteiger charge is -2.18. The van der Waals surface area contributed by atoms with Crippen LogP contribution in [-0.4, -0.2) is 46.6 Å². The van der Waals surface area contributed by atoms with Gasteiger partial charge in [0.1, 0.15) is 0 Å². The summed E-state index contributed by atoms with van der Waals surface area (Å²) in [4.78, 5) is 30.6. The number of anilines is 1. The van der Waals surface area contributed by atoms with Crippen molar-refractivity contribution in [2.24, 2.45) is 0 Å². The second-order valence-electron chi connectivity index (χ2n) is 7.79. The zero-order valence-corrected chi connectivity index (χ0v) is 18.9. The highest BCUT2D eigenvalue weighted by Gasteiger charge is 2.14. The van der Waals surface area contributed by atoms with Gasteiger partial charge >= 0.3 is 6.03 Å². The molecule has 0 aliphatic heterocycles. The van der Waals surface area contributed by atoms with Crippen LogP contribution in [0.5, 0.6) is 0 Å². The number of para-hydroxylation sites is 1. The Morgan fingerprint density at radius 3 is 2.53 bits per heavy atom. The van der Waals surface area contributed by atoms with Crippen LogP contribution in [0.3, 0.4) is 0 Å². The lowest BCUT2D eigenvalue weighted by molar-refractivity contribution is 0.0939. The molecule has 8 heteroatoms. The molecule has 3 amide bonds. The maximum absolute atomic E-state index is 12.4. The summed E-state index contributed by atoms with van der Waals surface area (Å²) in [7, 11) is 1.72. The molecule has 3 aromatic rings. The van der Waals surface area contributed by atoms with Gasteiger partial charge in [-0.25, -0.2) is 4.79 Å². The molecule has 1 atom stereocenters. The average Bonchev–Trinajstić information content (AvgIpc) is 3.28. The Hall–Kier alpha value is -3.68. The Morgan fingerprint density at radius 2 is 1.84 bits per heavy atom. The number of carbonyl (C=O) groups excluding carboxylic acids is 2. The second kappa shape index (κ2) is 10.6. The minimum Gasteiger partial charge on any atom is -0.350 e. The lowest BCUT2D eigenvalue weighted by atomic mass is 10.1. The van der Waals surface area contributed by atoms with Crippen molar-refractivity contribution in [3.63, 3.8) is 0 Å².